The Kier molecular flexibility index (Phi) is 4.99. The first kappa shape index (κ1) is 12.7. The van der Waals surface area contributed by atoms with E-state index in [9.17, 15) is 4.79 Å². The highest BCUT2D eigenvalue weighted by Gasteiger charge is 2.07. The van der Waals surface area contributed by atoms with Gasteiger partial charge in [0.05, 0.1) is 12.2 Å². The summed E-state index contributed by atoms with van der Waals surface area (Å²) < 4.78 is 5.46. The van der Waals surface area contributed by atoms with Crippen LogP contribution in [0.25, 0.3) is 0 Å². The third-order valence-electron chi connectivity index (χ3n) is 2.44. The fourth-order valence-corrected chi connectivity index (χ4v) is 1.45. The maximum Gasteiger partial charge on any atom is 0.335 e. The van der Waals surface area contributed by atoms with Crippen molar-refractivity contribution < 1.29 is 14.6 Å². The molecule has 0 fully saturated rings. The number of carboxylic acids is 1. The molecule has 0 aliphatic rings. The predicted molar refractivity (Wildman–Crippen MR) is 62.9 cm³/mol. The number of carboxylic acid groups (broad SMARTS) is 1. The van der Waals surface area contributed by atoms with Crippen molar-refractivity contribution in [3.05, 3.63) is 35.4 Å². The van der Waals surface area contributed by atoms with Crippen LogP contribution >= 0.6 is 0 Å². The normalized spacial score (nSPS) is 12.4. The molecule has 3 nitrogen and oxygen atoms in total. The van der Waals surface area contributed by atoms with Gasteiger partial charge in [-0.3, -0.25) is 0 Å². The Morgan fingerprint density at radius 3 is 2.50 bits per heavy atom. The van der Waals surface area contributed by atoms with Gasteiger partial charge in [-0.15, -0.1) is 0 Å². The van der Waals surface area contributed by atoms with Crippen molar-refractivity contribution in [2.24, 2.45) is 0 Å². The molecule has 1 unspecified atom stereocenters. The summed E-state index contributed by atoms with van der Waals surface area (Å²) in [6.45, 7) is 5.61. The van der Waals surface area contributed by atoms with Crippen LogP contribution in [0.15, 0.2) is 24.3 Å². The van der Waals surface area contributed by atoms with Gasteiger partial charge in [0.25, 0.3) is 0 Å². The minimum atomic E-state index is -0.888. The Hall–Kier alpha value is -1.35. The van der Waals surface area contributed by atoms with Crippen molar-refractivity contribution in [1.29, 1.82) is 0 Å². The molecular formula is C13H18O3. The fourth-order valence-electron chi connectivity index (χ4n) is 1.45. The third-order valence-corrected chi connectivity index (χ3v) is 2.44. The molecule has 0 bridgehead atoms. The van der Waals surface area contributed by atoms with Gasteiger partial charge in [0, 0.05) is 12.5 Å². The van der Waals surface area contributed by atoms with Crippen molar-refractivity contribution in [2.75, 3.05) is 13.2 Å². The highest BCUT2D eigenvalue weighted by atomic mass is 16.5. The van der Waals surface area contributed by atoms with Gasteiger partial charge in [-0.2, -0.15) is 0 Å². The molecule has 1 aromatic carbocycles. The zero-order valence-electron chi connectivity index (χ0n) is 9.77. The Bertz CT molecular complexity index is 330. The number of hydrogen-bond acceptors (Lipinski definition) is 2. The molecule has 1 aromatic rings. The lowest BCUT2D eigenvalue weighted by Gasteiger charge is -2.12. The molecule has 0 aromatic heterocycles. The molecule has 0 saturated heterocycles. The summed E-state index contributed by atoms with van der Waals surface area (Å²) in [4.78, 5) is 10.7. The third kappa shape index (κ3) is 3.66. The summed E-state index contributed by atoms with van der Waals surface area (Å²) in [5.41, 5.74) is 1.44. The molecule has 0 saturated carbocycles. The average Bonchev–Trinajstić information content (AvgIpc) is 2.29. The number of benzene rings is 1. The van der Waals surface area contributed by atoms with Crippen LogP contribution in [-0.2, 0) is 4.74 Å². The molecule has 0 amide bonds. The SMILES string of the molecule is CCCOCC(C)c1ccc(C(=O)O)cc1. The Morgan fingerprint density at radius 1 is 1.38 bits per heavy atom. The highest BCUT2D eigenvalue weighted by molar-refractivity contribution is 5.87. The Labute approximate surface area is 96.1 Å². The molecule has 1 rings (SSSR count). The van der Waals surface area contributed by atoms with Gasteiger partial charge < -0.3 is 9.84 Å². The molecule has 0 aliphatic carbocycles. The second-order valence-corrected chi connectivity index (χ2v) is 3.90. The monoisotopic (exact) mass is 222 g/mol. The Balaban J connectivity index is 2.56. The fraction of sp³-hybridized carbons (Fsp3) is 0.462. The van der Waals surface area contributed by atoms with E-state index in [1.807, 2.05) is 12.1 Å². The van der Waals surface area contributed by atoms with Gasteiger partial charge in [-0.25, -0.2) is 4.79 Å². The molecule has 88 valence electrons. The minimum absolute atomic E-state index is 0.300. The molecular weight excluding hydrogens is 204 g/mol. The van der Waals surface area contributed by atoms with E-state index in [4.69, 9.17) is 9.84 Å². The summed E-state index contributed by atoms with van der Waals surface area (Å²) >= 11 is 0. The average molecular weight is 222 g/mol. The Morgan fingerprint density at radius 2 is 2.00 bits per heavy atom. The molecule has 0 heterocycles. The number of rotatable bonds is 6. The van der Waals surface area contributed by atoms with Crippen molar-refractivity contribution in [3.8, 4) is 0 Å². The first-order chi connectivity index (χ1) is 7.65. The second-order valence-electron chi connectivity index (χ2n) is 3.90. The molecule has 0 spiro atoms. The summed E-state index contributed by atoms with van der Waals surface area (Å²) in [7, 11) is 0. The molecule has 1 N–H and O–H groups in total. The van der Waals surface area contributed by atoms with E-state index in [0.29, 0.717) is 18.1 Å². The van der Waals surface area contributed by atoms with Gasteiger partial charge in [0.2, 0.25) is 0 Å². The smallest absolute Gasteiger partial charge is 0.335 e. The first-order valence-electron chi connectivity index (χ1n) is 5.56. The summed E-state index contributed by atoms with van der Waals surface area (Å²) in [5, 5.41) is 8.76. The van der Waals surface area contributed by atoms with E-state index >= 15 is 0 Å². The highest BCUT2D eigenvalue weighted by Crippen LogP contribution is 2.16. The molecule has 0 radical (unpaired) electrons. The van der Waals surface area contributed by atoms with E-state index in [-0.39, 0.29) is 0 Å². The number of aromatic carboxylic acids is 1. The van der Waals surface area contributed by atoms with Crippen LogP contribution in [0.1, 0.15) is 42.1 Å². The van der Waals surface area contributed by atoms with E-state index in [1.54, 1.807) is 12.1 Å². The predicted octanol–water partition coefficient (Wildman–Crippen LogP) is 2.91. The van der Waals surface area contributed by atoms with Crippen LogP contribution in [0.4, 0.5) is 0 Å². The summed E-state index contributed by atoms with van der Waals surface area (Å²) in [5.74, 6) is -0.587. The zero-order valence-corrected chi connectivity index (χ0v) is 9.77. The van der Waals surface area contributed by atoms with Gasteiger partial charge in [-0.1, -0.05) is 26.0 Å². The second kappa shape index (κ2) is 6.28. The van der Waals surface area contributed by atoms with E-state index in [1.165, 1.54) is 0 Å². The van der Waals surface area contributed by atoms with Crippen molar-refractivity contribution in [3.63, 3.8) is 0 Å². The first-order valence-corrected chi connectivity index (χ1v) is 5.56. The summed E-state index contributed by atoms with van der Waals surface area (Å²) in [6.07, 6.45) is 1.02. The number of ether oxygens (including phenoxy) is 1. The summed E-state index contributed by atoms with van der Waals surface area (Å²) in [6, 6.07) is 6.97. The van der Waals surface area contributed by atoms with Crippen LogP contribution in [0, 0.1) is 0 Å². The lowest BCUT2D eigenvalue weighted by atomic mass is 10.0. The maximum absolute atomic E-state index is 10.7. The van der Waals surface area contributed by atoms with Crippen molar-refractivity contribution in [2.45, 2.75) is 26.2 Å². The van der Waals surface area contributed by atoms with Crippen LogP contribution in [-0.4, -0.2) is 24.3 Å². The van der Waals surface area contributed by atoms with Crippen LogP contribution in [0.3, 0.4) is 0 Å². The van der Waals surface area contributed by atoms with Crippen molar-refractivity contribution in [1.82, 2.24) is 0 Å². The van der Waals surface area contributed by atoms with Crippen LogP contribution < -0.4 is 0 Å². The molecule has 1 atom stereocenters. The van der Waals surface area contributed by atoms with Gasteiger partial charge in [0.15, 0.2) is 0 Å². The van der Waals surface area contributed by atoms with Crippen LogP contribution in [0.5, 0.6) is 0 Å². The van der Waals surface area contributed by atoms with Gasteiger partial charge in [0.1, 0.15) is 0 Å². The van der Waals surface area contributed by atoms with Crippen LogP contribution in [0.2, 0.25) is 0 Å². The molecule has 0 aliphatic heterocycles. The number of hydrogen-bond donors (Lipinski definition) is 1. The topological polar surface area (TPSA) is 46.5 Å². The number of carbonyl (C=O) groups is 1. The van der Waals surface area contributed by atoms with E-state index in [0.717, 1.165) is 18.6 Å². The van der Waals surface area contributed by atoms with E-state index in [2.05, 4.69) is 13.8 Å². The quantitative estimate of drug-likeness (QED) is 0.753. The largest absolute Gasteiger partial charge is 0.478 e. The molecule has 16 heavy (non-hydrogen) atoms. The van der Waals surface area contributed by atoms with Gasteiger partial charge >= 0.3 is 5.97 Å². The zero-order chi connectivity index (χ0) is 12.0. The van der Waals surface area contributed by atoms with Crippen molar-refractivity contribution >= 4 is 5.97 Å². The van der Waals surface area contributed by atoms with E-state index < -0.39 is 5.97 Å². The standard InChI is InChI=1S/C13H18O3/c1-3-8-16-9-10(2)11-4-6-12(7-5-11)13(14)15/h4-7,10H,3,8-9H2,1-2H3,(H,14,15). The lowest BCUT2D eigenvalue weighted by molar-refractivity contribution is 0.0697. The lowest BCUT2D eigenvalue weighted by Crippen LogP contribution is -2.05. The maximum atomic E-state index is 10.7. The molecule has 3 heteroatoms. The minimum Gasteiger partial charge on any atom is -0.478 e. The van der Waals surface area contributed by atoms with Gasteiger partial charge in [-0.05, 0) is 24.1 Å².